The molecule has 2 rings (SSSR count). The fourth-order valence-electron chi connectivity index (χ4n) is 4.79. The second kappa shape index (κ2) is 19.4. The summed E-state index contributed by atoms with van der Waals surface area (Å²) >= 11 is -1.42. The zero-order chi connectivity index (χ0) is 34.3. The number of allylic oxidation sites excluding steroid dienone is 1. The molecule has 10 heteroatoms. The van der Waals surface area contributed by atoms with E-state index < -0.39 is 30.2 Å². The maximum absolute atomic E-state index is 13.9. The van der Waals surface area contributed by atoms with E-state index in [2.05, 4.69) is 42.8 Å². The van der Waals surface area contributed by atoms with Gasteiger partial charge in [0.15, 0.2) is 5.69 Å². The van der Waals surface area contributed by atoms with Gasteiger partial charge in [-0.3, -0.25) is 9.59 Å². The van der Waals surface area contributed by atoms with E-state index in [4.69, 9.17) is 9.72 Å². The number of hydrogen-bond acceptors (Lipinski definition) is 6. The van der Waals surface area contributed by atoms with Crippen LogP contribution >= 0.6 is 0 Å². The van der Waals surface area contributed by atoms with Gasteiger partial charge in [-0.2, -0.15) is 0 Å². The maximum Gasteiger partial charge on any atom is 0.271 e. The molecule has 2 N–H and O–H groups in total. The molecule has 1 amide bonds. The predicted octanol–water partition coefficient (Wildman–Crippen LogP) is 8.22. The fourth-order valence-corrected chi connectivity index (χ4v) is 6.39. The molecule has 1 aromatic carbocycles. The van der Waals surface area contributed by atoms with Gasteiger partial charge in [-0.25, -0.2) is 4.98 Å². The first-order valence-electron chi connectivity index (χ1n) is 16.7. The summed E-state index contributed by atoms with van der Waals surface area (Å²) in [6.07, 6.45) is 9.36. The minimum absolute atomic E-state index is 0.204. The molecule has 0 aliphatic carbocycles. The Morgan fingerprint density at radius 1 is 1.15 bits per heavy atom. The van der Waals surface area contributed by atoms with E-state index in [1.165, 1.54) is 0 Å². The van der Waals surface area contributed by atoms with Crippen molar-refractivity contribution in [3.63, 3.8) is 0 Å². The van der Waals surface area contributed by atoms with Crippen LogP contribution in [0.2, 0.25) is 25.7 Å². The lowest BCUT2D eigenvalue weighted by Crippen LogP contribution is -2.42. The van der Waals surface area contributed by atoms with Gasteiger partial charge >= 0.3 is 0 Å². The second-order valence-electron chi connectivity index (χ2n) is 14.0. The first kappa shape index (κ1) is 39.7. The van der Waals surface area contributed by atoms with Crippen LogP contribution in [0, 0.1) is 0 Å². The number of unbranched alkanes of at least 4 members (excludes halogenated alkanes) is 3. The normalized spacial score (nSPS) is 13.3. The van der Waals surface area contributed by atoms with Gasteiger partial charge in [0.1, 0.15) is 23.1 Å². The summed E-state index contributed by atoms with van der Waals surface area (Å²) in [5.41, 5.74) is 2.74. The first-order valence-corrected chi connectivity index (χ1v) is 21.6. The van der Waals surface area contributed by atoms with Crippen LogP contribution in [0.4, 0.5) is 0 Å². The van der Waals surface area contributed by atoms with Crippen molar-refractivity contribution < 1.29 is 18.9 Å². The van der Waals surface area contributed by atoms with E-state index >= 15 is 0 Å². The third-order valence-corrected chi connectivity index (χ3v) is 11.0. The summed E-state index contributed by atoms with van der Waals surface area (Å²) in [6.45, 7) is 23.6. The molecule has 1 unspecified atom stereocenters. The SMILES string of the molecule is C=CCCCNC(=O)c1nc(-c2cccc(C=C)c2)n(COCC[Si](C)(C)C)c1C(CCCCCC(=O)CC)N[S@+]([O-])C(C)(C)C. The molecule has 8 nitrogen and oxygen atoms in total. The molecule has 0 bridgehead atoms. The van der Waals surface area contributed by atoms with Crippen LogP contribution in [0.15, 0.2) is 43.5 Å². The number of hydrogen-bond donors (Lipinski definition) is 2. The van der Waals surface area contributed by atoms with Gasteiger partial charge in [0.25, 0.3) is 5.91 Å². The molecule has 2 atom stereocenters. The van der Waals surface area contributed by atoms with E-state index in [1.54, 1.807) is 6.08 Å². The molecule has 0 radical (unpaired) electrons. The molecule has 1 heterocycles. The van der Waals surface area contributed by atoms with Gasteiger partial charge in [0.05, 0.1) is 11.7 Å². The van der Waals surface area contributed by atoms with Crippen molar-refractivity contribution in [2.75, 3.05) is 13.2 Å². The summed E-state index contributed by atoms with van der Waals surface area (Å²) in [5.74, 6) is 0.603. The summed E-state index contributed by atoms with van der Waals surface area (Å²) in [6, 6.07) is 8.46. The van der Waals surface area contributed by atoms with Crippen molar-refractivity contribution in [3.05, 3.63) is 60.5 Å². The van der Waals surface area contributed by atoms with Crippen LogP contribution in [-0.2, 0) is 27.6 Å². The lowest BCUT2D eigenvalue weighted by molar-refractivity contribution is -0.118. The molecule has 0 aliphatic rings. The number of benzene rings is 1. The Hall–Kier alpha value is -2.50. The van der Waals surface area contributed by atoms with Crippen molar-refractivity contribution in [1.82, 2.24) is 19.6 Å². The van der Waals surface area contributed by atoms with Crippen LogP contribution in [0.1, 0.15) is 107 Å². The summed E-state index contributed by atoms with van der Waals surface area (Å²) in [5, 5.41) is 3.05. The predicted molar refractivity (Wildman–Crippen MR) is 196 cm³/mol. The van der Waals surface area contributed by atoms with E-state index in [0.717, 1.165) is 49.3 Å². The Labute approximate surface area is 282 Å². The number of carbonyl (C=O) groups is 2. The highest BCUT2D eigenvalue weighted by Crippen LogP contribution is 2.32. The van der Waals surface area contributed by atoms with Crippen LogP contribution in [0.5, 0.6) is 0 Å². The van der Waals surface area contributed by atoms with Crippen LogP contribution < -0.4 is 10.0 Å². The third kappa shape index (κ3) is 13.3. The van der Waals surface area contributed by atoms with Gasteiger partial charge in [-0.05, 0) is 64.1 Å². The molecule has 0 fully saturated rings. The quantitative estimate of drug-likeness (QED) is 0.0566. The van der Waals surface area contributed by atoms with Gasteiger partial charge < -0.3 is 19.2 Å². The van der Waals surface area contributed by atoms with E-state index in [-0.39, 0.29) is 18.4 Å². The molecular weight excluding hydrogens is 613 g/mol. The summed E-state index contributed by atoms with van der Waals surface area (Å²) in [7, 11) is -1.34. The van der Waals surface area contributed by atoms with Gasteiger partial charge in [-0.1, -0.05) is 76.3 Å². The molecule has 0 saturated carbocycles. The first-order chi connectivity index (χ1) is 21.7. The zero-order valence-corrected chi connectivity index (χ0v) is 31.2. The van der Waals surface area contributed by atoms with Gasteiger partial charge in [-0.15, -0.1) is 11.3 Å². The third-order valence-electron chi connectivity index (χ3n) is 7.67. The zero-order valence-electron chi connectivity index (χ0n) is 29.4. The highest BCUT2D eigenvalue weighted by atomic mass is 32.2. The Bertz CT molecular complexity index is 1280. The molecule has 2 aromatic rings. The molecule has 256 valence electrons. The molecule has 0 aliphatic heterocycles. The Morgan fingerprint density at radius 2 is 1.89 bits per heavy atom. The number of rotatable bonds is 22. The molecule has 0 saturated heterocycles. The largest absolute Gasteiger partial charge is 0.598 e. The van der Waals surface area contributed by atoms with Crippen LogP contribution in [0.25, 0.3) is 17.5 Å². The number of aromatic nitrogens is 2. The van der Waals surface area contributed by atoms with Crippen molar-refractivity contribution in [3.8, 4) is 11.4 Å². The van der Waals surface area contributed by atoms with E-state index in [1.807, 2.05) is 62.6 Å². The van der Waals surface area contributed by atoms with Gasteiger partial charge in [0.2, 0.25) is 0 Å². The number of imidazole rings is 1. The lowest BCUT2D eigenvalue weighted by Gasteiger charge is -2.29. The number of nitrogens with one attached hydrogen (secondary N) is 2. The standard InChI is InChI=1S/C36H58N4O4SSi/c1-10-13-17-23-37-35(42)32-33(31(39-45(43)36(4,5)6)22-16-14-15-21-30(41)12-3)40(27-44-24-25-46(7,8)9)34(38-32)29-20-18-19-28(11-2)26-29/h10-11,18-20,26,31,39H,1-2,12-17,21-25,27H2,3-9H3,(H,37,42)/t31?,45-/m1/s1. The second-order valence-corrected chi connectivity index (χ2v) is 21.6. The summed E-state index contributed by atoms with van der Waals surface area (Å²) < 4.78 is 24.8. The molecular formula is C36H58N4O4SSi. The van der Waals surface area contributed by atoms with Crippen molar-refractivity contribution in [2.24, 2.45) is 0 Å². The number of nitrogens with zero attached hydrogens (tertiary/aromatic N) is 2. The van der Waals surface area contributed by atoms with Crippen molar-refractivity contribution in [1.29, 1.82) is 0 Å². The fraction of sp³-hybridized carbons (Fsp3) is 0.583. The van der Waals surface area contributed by atoms with E-state index in [9.17, 15) is 14.1 Å². The van der Waals surface area contributed by atoms with Crippen LogP contribution in [0.3, 0.4) is 0 Å². The smallest absolute Gasteiger partial charge is 0.271 e. The topological polar surface area (TPSA) is 108 Å². The lowest BCUT2D eigenvalue weighted by atomic mass is 10.0. The summed E-state index contributed by atoms with van der Waals surface area (Å²) in [4.78, 5) is 30.8. The molecule has 46 heavy (non-hydrogen) atoms. The number of ketones is 1. The Balaban J connectivity index is 2.68. The maximum atomic E-state index is 13.9. The van der Waals surface area contributed by atoms with Gasteiger partial charge in [0, 0.05) is 51.0 Å². The monoisotopic (exact) mass is 670 g/mol. The number of amides is 1. The number of carbonyl (C=O) groups excluding carboxylic acids is 2. The number of ether oxygens (including phenoxy) is 1. The molecule has 1 aromatic heterocycles. The Kier molecular flexibility index (Phi) is 16.7. The van der Waals surface area contributed by atoms with E-state index in [0.29, 0.717) is 49.6 Å². The minimum atomic E-state index is -1.42. The Morgan fingerprint density at radius 3 is 2.52 bits per heavy atom. The van der Waals surface area contributed by atoms with Crippen LogP contribution in [-0.4, -0.2) is 51.8 Å². The highest BCUT2D eigenvalue weighted by Gasteiger charge is 2.35. The minimum Gasteiger partial charge on any atom is -0.598 e. The van der Waals surface area contributed by atoms with Crippen molar-refractivity contribution in [2.45, 2.75) is 122 Å². The molecule has 0 spiro atoms. The number of Topliss-reactive ketones (excluding diaryl/α,β-unsaturated/α-hetero) is 1. The average Bonchev–Trinajstić information content (AvgIpc) is 3.38. The average molecular weight is 671 g/mol. The van der Waals surface area contributed by atoms with Crippen molar-refractivity contribution >= 4 is 37.2 Å². The highest BCUT2D eigenvalue weighted by molar-refractivity contribution is 7.90.